The molecular formula is C33H33NO5. The summed E-state index contributed by atoms with van der Waals surface area (Å²) in [5.74, 6) is 0.218. The molecule has 2 aliphatic rings. The van der Waals surface area contributed by atoms with E-state index in [1.165, 1.54) is 0 Å². The Labute approximate surface area is 229 Å². The summed E-state index contributed by atoms with van der Waals surface area (Å²) in [5.41, 5.74) is 5.40. The number of Topliss-reactive ketones (excluding diaryl/α,β-unsaturated/α-hetero) is 1. The van der Waals surface area contributed by atoms with Crippen molar-refractivity contribution in [1.29, 1.82) is 0 Å². The van der Waals surface area contributed by atoms with Gasteiger partial charge in [-0.15, -0.1) is 0 Å². The lowest BCUT2D eigenvalue weighted by atomic mass is 9.71. The number of carbonyl (C=O) groups is 2. The molecule has 6 heteroatoms. The van der Waals surface area contributed by atoms with E-state index in [4.69, 9.17) is 14.2 Å². The Hall–Kier alpha value is -4.32. The molecule has 6 nitrogen and oxygen atoms in total. The standard InChI is InChI=1S/C33H33NO5/c1-4-38-28-16-15-24(19-29(28)37-3)31-30(33(36)39-20-22-11-7-5-8-12-22)21(2)34-26-17-25(18-27(35)32(26)31)23-13-9-6-10-14-23/h5-16,19,25,31,34H,4,17-18,20H2,1-3H3/t25-,31+/m1/s1. The number of hydrogen-bond acceptors (Lipinski definition) is 6. The summed E-state index contributed by atoms with van der Waals surface area (Å²) >= 11 is 0. The Morgan fingerprint density at radius 3 is 2.33 bits per heavy atom. The van der Waals surface area contributed by atoms with Crippen LogP contribution in [0.4, 0.5) is 0 Å². The number of rotatable bonds is 8. The minimum Gasteiger partial charge on any atom is -0.493 e. The summed E-state index contributed by atoms with van der Waals surface area (Å²) in [4.78, 5) is 27.5. The van der Waals surface area contributed by atoms with Crippen LogP contribution in [0.2, 0.25) is 0 Å². The zero-order valence-electron chi connectivity index (χ0n) is 22.5. The van der Waals surface area contributed by atoms with Gasteiger partial charge < -0.3 is 19.5 Å². The van der Waals surface area contributed by atoms with Crippen LogP contribution in [0.15, 0.2) is 101 Å². The molecule has 1 heterocycles. The number of nitrogens with one attached hydrogen (secondary N) is 1. The van der Waals surface area contributed by atoms with Crippen LogP contribution in [0, 0.1) is 0 Å². The van der Waals surface area contributed by atoms with Crippen LogP contribution in [0.3, 0.4) is 0 Å². The first-order valence-electron chi connectivity index (χ1n) is 13.3. The molecule has 0 radical (unpaired) electrons. The van der Waals surface area contributed by atoms with E-state index in [1.54, 1.807) is 7.11 Å². The largest absolute Gasteiger partial charge is 0.493 e. The summed E-state index contributed by atoms with van der Waals surface area (Å²) in [7, 11) is 1.58. The molecule has 39 heavy (non-hydrogen) atoms. The maximum absolute atomic E-state index is 13.8. The van der Waals surface area contributed by atoms with Gasteiger partial charge in [0.15, 0.2) is 17.3 Å². The summed E-state index contributed by atoms with van der Waals surface area (Å²) in [6.07, 6.45) is 1.06. The molecule has 2 atom stereocenters. The molecule has 1 N–H and O–H groups in total. The molecule has 5 rings (SSSR count). The highest BCUT2D eigenvalue weighted by molar-refractivity contribution is 6.04. The van der Waals surface area contributed by atoms with E-state index in [2.05, 4.69) is 17.4 Å². The second kappa shape index (κ2) is 11.6. The normalized spacial score (nSPS) is 18.8. The fraction of sp³-hybridized carbons (Fsp3) is 0.273. The van der Waals surface area contributed by atoms with Crippen molar-refractivity contribution in [3.05, 3.63) is 118 Å². The SMILES string of the molecule is CCOc1ccc([C@H]2C(C(=O)OCc3ccccc3)=C(C)NC3=C2C(=O)C[C@H](c2ccccc2)C3)cc1OC. The van der Waals surface area contributed by atoms with Gasteiger partial charge in [-0.05, 0) is 55.0 Å². The summed E-state index contributed by atoms with van der Waals surface area (Å²) in [6, 6.07) is 25.3. The highest BCUT2D eigenvalue weighted by atomic mass is 16.5. The predicted octanol–water partition coefficient (Wildman–Crippen LogP) is 6.20. The van der Waals surface area contributed by atoms with Gasteiger partial charge in [0, 0.05) is 29.3 Å². The van der Waals surface area contributed by atoms with Crippen molar-refractivity contribution < 1.29 is 23.8 Å². The smallest absolute Gasteiger partial charge is 0.337 e. The minimum atomic E-state index is -0.585. The first-order chi connectivity index (χ1) is 19.0. The quantitative estimate of drug-likeness (QED) is 0.355. The second-order valence-corrected chi connectivity index (χ2v) is 9.83. The maximum atomic E-state index is 13.8. The van der Waals surface area contributed by atoms with Gasteiger partial charge in [-0.1, -0.05) is 66.7 Å². The average molecular weight is 524 g/mol. The third-order valence-electron chi connectivity index (χ3n) is 7.35. The van der Waals surface area contributed by atoms with E-state index in [9.17, 15) is 9.59 Å². The number of carbonyl (C=O) groups excluding carboxylic acids is 2. The molecule has 0 spiro atoms. The second-order valence-electron chi connectivity index (χ2n) is 9.83. The molecule has 0 saturated carbocycles. The van der Waals surface area contributed by atoms with Gasteiger partial charge in [-0.2, -0.15) is 0 Å². The molecule has 0 unspecified atom stereocenters. The number of hydrogen-bond donors (Lipinski definition) is 1. The lowest BCUT2D eigenvalue weighted by Gasteiger charge is -2.37. The number of esters is 1. The lowest BCUT2D eigenvalue weighted by molar-refractivity contribution is -0.140. The van der Waals surface area contributed by atoms with Gasteiger partial charge >= 0.3 is 5.97 Å². The zero-order valence-corrected chi connectivity index (χ0v) is 22.5. The van der Waals surface area contributed by atoms with Crippen LogP contribution >= 0.6 is 0 Å². The fourth-order valence-electron chi connectivity index (χ4n) is 5.54. The Balaban J connectivity index is 1.55. The molecule has 3 aromatic rings. The topological polar surface area (TPSA) is 73.9 Å². The Bertz CT molecular complexity index is 1420. The molecule has 1 aliphatic carbocycles. The maximum Gasteiger partial charge on any atom is 0.337 e. The molecule has 3 aromatic carbocycles. The van der Waals surface area contributed by atoms with E-state index in [-0.39, 0.29) is 18.3 Å². The monoisotopic (exact) mass is 523 g/mol. The van der Waals surface area contributed by atoms with Crippen LogP contribution < -0.4 is 14.8 Å². The third-order valence-corrected chi connectivity index (χ3v) is 7.35. The first-order valence-corrected chi connectivity index (χ1v) is 13.3. The number of ketones is 1. The van der Waals surface area contributed by atoms with E-state index < -0.39 is 11.9 Å². The Morgan fingerprint density at radius 1 is 0.923 bits per heavy atom. The number of dihydropyridines is 1. The Kier molecular flexibility index (Phi) is 7.82. The molecule has 0 aromatic heterocycles. The first kappa shape index (κ1) is 26.3. The van der Waals surface area contributed by atoms with Crippen molar-refractivity contribution in [2.24, 2.45) is 0 Å². The van der Waals surface area contributed by atoms with Gasteiger partial charge in [0.25, 0.3) is 0 Å². The number of allylic oxidation sites excluding steroid dienone is 3. The van der Waals surface area contributed by atoms with Crippen LogP contribution in [0.5, 0.6) is 11.5 Å². The molecule has 0 fully saturated rings. The average Bonchev–Trinajstić information content (AvgIpc) is 2.96. The van der Waals surface area contributed by atoms with Crippen LogP contribution in [0.25, 0.3) is 0 Å². The van der Waals surface area contributed by atoms with E-state index in [1.807, 2.05) is 80.6 Å². The number of benzene rings is 3. The van der Waals surface area contributed by atoms with E-state index >= 15 is 0 Å². The zero-order chi connectivity index (χ0) is 27.4. The van der Waals surface area contributed by atoms with Gasteiger partial charge in [0.1, 0.15) is 6.61 Å². The van der Waals surface area contributed by atoms with E-state index in [0.29, 0.717) is 47.8 Å². The number of methoxy groups -OCH3 is 1. The van der Waals surface area contributed by atoms with Crippen LogP contribution in [0.1, 0.15) is 55.2 Å². The highest BCUT2D eigenvalue weighted by Gasteiger charge is 2.41. The molecule has 0 bridgehead atoms. The minimum absolute atomic E-state index is 0.0244. The van der Waals surface area contributed by atoms with Crippen molar-refractivity contribution >= 4 is 11.8 Å². The molecule has 0 saturated heterocycles. The Morgan fingerprint density at radius 2 is 1.64 bits per heavy atom. The van der Waals surface area contributed by atoms with Gasteiger partial charge in [0.2, 0.25) is 0 Å². The molecule has 0 amide bonds. The van der Waals surface area contributed by atoms with Crippen molar-refractivity contribution in [2.75, 3.05) is 13.7 Å². The third kappa shape index (κ3) is 5.46. The summed E-state index contributed by atoms with van der Waals surface area (Å²) in [6.45, 7) is 4.42. The van der Waals surface area contributed by atoms with Crippen molar-refractivity contribution in [1.82, 2.24) is 5.32 Å². The lowest BCUT2D eigenvalue weighted by Crippen LogP contribution is -2.36. The summed E-state index contributed by atoms with van der Waals surface area (Å²) in [5, 5.41) is 3.42. The summed E-state index contributed by atoms with van der Waals surface area (Å²) < 4.78 is 17.1. The fourth-order valence-corrected chi connectivity index (χ4v) is 5.54. The van der Waals surface area contributed by atoms with Crippen LogP contribution in [-0.2, 0) is 20.9 Å². The molecule has 200 valence electrons. The van der Waals surface area contributed by atoms with Gasteiger partial charge in [-0.25, -0.2) is 4.79 Å². The number of ether oxygens (including phenoxy) is 3. The van der Waals surface area contributed by atoms with Gasteiger partial charge in [-0.3, -0.25) is 4.79 Å². The molecular weight excluding hydrogens is 490 g/mol. The molecule has 1 aliphatic heterocycles. The van der Waals surface area contributed by atoms with Crippen molar-refractivity contribution in [2.45, 2.75) is 45.1 Å². The predicted molar refractivity (Wildman–Crippen MR) is 149 cm³/mol. The highest BCUT2D eigenvalue weighted by Crippen LogP contribution is 2.47. The van der Waals surface area contributed by atoms with Crippen molar-refractivity contribution in [3.8, 4) is 11.5 Å². The van der Waals surface area contributed by atoms with Gasteiger partial charge in [0.05, 0.1) is 19.3 Å². The van der Waals surface area contributed by atoms with E-state index in [0.717, 1.165) is 22.4 Å². The van der Waals surface area contributed by atoms with Crippen LogP contribution in [-0.4, -0.2) is 25.5 Å². The van der Waals surface area contributed by atoms with Crippen molar-refractivity contribution in [3.63, 3.8) is 0 Å².